The van der Waals surface area contributed by atoms with Gasteiger partial charge in [-0.15, -0.1) is 0 Å². The number of piperazine rings is 1. The highest BCUT2D eigenvalue weighted by Gasteiger charge is 2.34. The van der Waals surface area contributed by atoms with E-state index >= 15 is 0 Å². The van der Waals surface area contributed by atoms with Gasteiger partial charge in [-0.3, -0.25) is 9.78 Å². The van der Waals surface area contributed by atoms with E-state index in [4.69, 9.17) is 0 Å². The van der Waals surface area contributed by atoms with Crippen molar-refractivity contribution in [3.05, 3.63) is 54.4 Å². The minimum Gasteiger partial charge on any atom is -0.336 e. The van der Waals surface area contributed by atoms with Crippen molar-refractivity contribution in [2.24, 2.45) is 0 Å². The van der Waals surface area contributed by atoms with Crippen LogP contribution in [-0.2, 0) is 20.0 Å². The summed E-state index contributed by atoms with van der Waals surface area (Å²) in [6, 6.07) is 8.83. The fourth-order valence-electron chi connectivity index (χ4n) is 4.57. The lowest BCUT2D eigenvalue weighted by Gasteiger charge is -2.34. The molecule has 0 N–H and O–H groups in total. The normalized spacial score (nSPS) is 20.9. The third kappa shape index (κ3) is 4.88. The van der Waals surface area contributed by atoms with Gasteiger partial charge in [-0.25, -0.2) is 16.8 Å². The number of carbonyl (C=O) groups is 1. The van der Waals surface area contributed by atoms with Crippen molar-refractivity contribution in [3.63, 3.8) is 0 Å². The second-order valence-corrected chi connectivity index (χ2v) is 12.4. The number of sulfonamides is 2. The second kappa shape index (κ2) is 10.1. The first-order chi connectivity index (χ1) is 16.2. The summed E-state index contributed by atoms with van der Waals surface area (Å²) in [6.45, 7) is 3.35. The van der Waals surface area contributed by atoms with Crippen molar-refractivity contribution < 1.29 is 21.6 Å². The zero-order chi connectivity index (χ0) is 24.3. The average molecular weight is 507 g/mol. The number of hydrogen-bond acceptors (Lipinski definition) is 6. The Labute approximate surface area is 201 Å². The number of piperidine rings is 1. The summed E-state index contributed by atoms with van der Waals surface area (Å²) >= 11 is 0. The molecule has 2 fully saturated rings. The molecule has 0 radical (unpaired) electrons. The molecule has 2 aliphatic rings. The van der Waals surface area contributed by atoms with Crippen LogP contribution in [-0.4, -0.2) is 80.0 Å². The van der Waals surface area contributed by atoms with Gasteiger partial charge in [0.15, 0.2) is 0 Å². The monoisotopic (exact) mass is 506 g/mol. The minimum absolute atomic E-state index is 0.0205. The highest BCUT2D eigenvalue weighted by atomic mass is 32.2. The van der Waals surface area contributed by atoms with Crippen LogP contribution >= 0.6 is 0 Å². The predicted octanol–water partition coefficient (Wildman–Crippen LogP) is 2.18. The van der Waals surface area contributed by atoms with E-state index < -0.39 is 20.0 Å². The van der Waals surface area contributed by atoms with Crippen molar-refractivity contribution in [1.82, 2.24) is 18.5 Å². The number of benzene rings is 1. The average Bonchev–Trinajstić information content (AvgIpc) is 2.89. The van der Waals surface area contributed by atoms with Crippen LogP contribution in [0.3, 0.4) is 0 Å². The van der Waals surface area contributed by atoms with E-state index in [-0.39, 0.29) is 47.9 Å². The number of aromatic nitrogens is 1. The Kier molecular flexibility index (Phi) is 7.36. The minimum atomic E-state index is -3.80. The van der Waals surface area contributed by atoms with Gasteiger partial charge in [0, 0.05) is 51.2 Å². The zero-order valence-electron chi connectivity index (χ0n) is 19.2. The molecule has 1 unspecified atom stereocenters. The van der Waals surface area contributed by atoms with Crippen LogP contribution in [0.25, 0.3) is 0 Å². The highest BCUT2D eigenvalue weighted by molar-refractivity contribution is 7.89. The van der Waals surface area contributed by atoms with Crippen LogP contribution in [0.5, 0.6) is 0 Å². The standard InChI is InChI=1S/C23H30N4O5S2/c1-2-20-7-3-4-13-27(20)34(31,32)22-10-8-21(9-11-22)33(29,30)26-16-14-25(15-17-26)23(28)19-6-5-12-24-18-19/h5-6,8-12,18,20H,2-4,7,13-17H2,1H3. The number of hydrogen-bond donors (Lipinski definition) is 0. The molecule has 0 bridgehead atoms. The van der Waals surface area contributed by atoms with Crippen LogP contribution < -0.4 is 0 Å². The van der Waals surface area contributed by atoms with Crippen LogP contribution in [0.2, 0.25) is 0 Å². The Morgan fingerprint density at radius 3 is 2.15 bits per heavy atom. The lowest BCUT2D eigenvalue weighted by Crippen LogP contribution is -2.50. The lowest BCUT2D eigenvalue weighted by molar-refractivity contribution is 0.0697. The zero-order valence-corrected chi connectivity index (χ0v) is 20.8. The maximum Gasteiger partial charge on any atom is 0.255 e. The Morgan fingerprint density at radius 1 is 0.912 bits per heavy atom. The summed E-state index contributed by atoms with van der Waals surface area (Å²) < 4.78 is 55.5. The molecule has 4 rings (SSSR count). The third-order valence-electron chi connectivity index (χ3n) is 6.55. The summed E-state index contributed by atoms with van der Waals surface area (Å²) in [5, 5.41) is 0. The van der Waals surface area contributed by atoms with Crippen LogP contribution in [0, 0.1) is 0 Å². The molecule has 1 aromatic heterocycles. The second-order valence-electron chi connectivity index (χ2n) is 8.58. The van der Waals surface area contributed by atoms with Crippen molar-refractivity contribution in [2.45, 2.75) is 48.4 Å². The van der Waals surface area contributed by atoms with Crippen LogP contribution in [0.1, 0.15) is 43.0 Å². The molecule has 2 saturated heterocycles. The molecule has 1 atom stereocenters. The Morgan fingerprint density at radius 2 is 1.56 bits per heavy atom. The first-order valence-electron chi connectivity index (χ1n) is 11.6. The Balaban J connectivity index is 1.45. The molecule has 34 heavy (non-hydrogen) atoms. The first kappa shape index (κ1) is 24.8. The number of carbonyl (C=O) groups excluding carboxylic acids is 1. The van der Waals surface area contributed by atoms with Gasteiger partial charge in [-0.05, 0) is 55.7 Å². The van der Waals surface area contributed by atoms with Crippen LogP contribution in [0.15, 0.2) is 58.6 Å². The summed E-state index contributed by atoms with van der Waals surface area (Å²) in [5.41, 5.74) is 0.467. The molecule has 11 heteroatoms. The van der Waals surface area contributed by atoms with Crippen molar-refractivity contribution in [1.29, 1.82) is 0 Å². The van der Waals surface area contributed by atoms with Gasteiger partial charge >= 0.3 is 0 Å². The molecule has 3 heterocycles. The van der Waals surface area contributed by atoms with E-state index in [1.807, 2.05) is 6.92 Å². The third-order valence-corrected chi connectivity index (χ3v) is 10.4. The molecule has 2 aliphatic heterocycles. The number of nitrogens with zero attached hydrogens (tertiary/aromatic N) is 4. The lowest BCUT2D eigenvalue weighted by atomic mass is 10.0. The maximum absolute atomic E-state index is 13.2. The summed E-state index contributed by atoms with van der Waals surface area (Å²) in [5.74, 6) is -0.178. The number of pyridine rings is 1. The topological polar surface area (TPSA) is 108 Å². The fourth-order valence-corrected chi connectivity index (χ4v) is 7.76. The summed E-state index contributed by atoms with van der Waals surface area (Å²) in [6.07, 6.45) is 6.53. The molecule has 0 spiro atoms. The van der Waals surface area contributed by atoms with E-state index in [9.17, 15) is 21.6 Å². The Bertz CT molecular complexity index is 1210. The molecular weight excluding hydrogens is 476 g/mol. The van der Waals surface area contributed by atoms with E-state index in [0.717, 1.165) is 25.7 Å². The predicted molar refractivity (Wildman–Crippen MR) is 127 cm³/mol. The highest BCUT2D eigenvalue weighted by Crippen LogP contribution is 2.28. The van der Waals surface area contributed by atoms with E-state index in [0.29, 0.717) is 12.1 Å². The van der Waals surface area contributed by atoms with Crippen LogP contribution in [0.4, 0.5) is 0 Å². The quantitative estimate of drug-likeness (QED) is 0.594. The van der Waals surface area contributed by atoms with Gasteiger partial charge in [-0.2, -0.15) is 8.61 Å². The molecule has 9 nitrogen and oxygen atoms in total. The van der Waals surface area contributed by atoms with Gasteiger partial charge in [-0.1, -0.05) is 13.3 Å². The van der Waals surface area contributed by atoms with Gasteiger partial charge in [0.25, 0.3) is 5.91 Å². The van der Waals surface area contributed by atoms with Crippen molar-refractivity contribution in [3.8, 4) is 0 Å². The van der Waals surface area contributed by atoms with Crippen molar-refractivity contribution >= 4 is 26.0 Å². The SMILES string of the molecule is CCC1CCCCN1S(=O)(=O)c1ccc(S(=O)(=O)N2CCN(C(=O)c3cccnc3)CC2)cc1. The summed E-state index contributed by atoms with van der Waals surface area (Å²) in [4.78, 5) is 18.3. The van der Waals surface area contributed by atoms with Crippen molar-refractivity contribution in [2.75, 3.05) is 32.7 Å². The summed E-state index contributed by atoms with van der Waals surface area (Å²) in [7, 11) is -7.48. The van der Waals surface area contributed by atoms with Gasteiger partial charge < -0.3 is 4.90 Å². The van der Waals surface area contributed by atoms with E-state index in [2.05, 4.69) is 4.98 Å². The largest absolute Gasteiger partial charge is 0.336 e. The fraction of sp³-hybridized carbons (Fsp3) is 0.478. The molecule has 184 valence electrons. The molecular formula is C23H30N4O5S2. The molecule has 2 aromatic rings. The molecule has 1 amide bonds. The number of rotatable bonds is 6. The smallest absolute Gasteiger partial charge is 0.255 e. The van der Waals surface area contributed by atoms with Gasteiger partial charge in [0.1, 0.15) is 0 Å². The molecule has 0 saturated carbocycles. The van der Waals surface area contributed by atoms with Gasteiger partial charge in [0.05, 0.1) is 15.4 Å². The van der Waals surface area contributed by atoms with E-state index in [1.54, 1.807) is 27.5 Å². The molecule has 0 aliphatic carbocycles. The van der Waals surface area contributed by atoms with Gasteiger partial charge in [0.2, 0.25) is 20.0 Å². The maximum atomic E-state index is 13.2. The Hall–Kier alpha value is -2.34. The van der Waals surface area contributed by atoms with E-state index in [1.165, 1.54) is 34.8 Å². The molecule has 1 aromatic carbocycles. The number of amides is 1. The first-order valence-corrected chi connectivity index (χ1v) is 14.4.